The molecule has 0 bridgehead atoms. The number of nitro groups is 1. The van der Waals surface area contributed by atoms with Gasteiger partial charge >= 0.3 is 5.97 Å². The van der Waals surface area contributed by atoms with E-state index in [4.69, 9.17) is 14.2 Å². The molecule has 0 spiro atoms. The van der Waals surface area contributed by atoms with E-state index in [1.807, 2.05) is 25.1 Å². The number of carbonyl (C=O) groups excluding carboxylic acids is 1. The van der Waals surface area contributed by atoms with Crippen LogP contribution in [0, 0.1) is 10.1 Å². The average Bonchev–Trinajstić information content (AvgIpc) is 2.73. The van der Waals surface area contributed by atoms with E-state index in [1.54, 1.807) is 12.2 Å². The van der Waals surface area contributed by atoms with Gasteiger partial charge in [0.05, 0.1) is 36.5 Å². The van der Waals surface area contributed by atoms with Crippen LogP contribution in [-0.2, 0) is 4.74 Å². The van der Waals surface area contributed by atoms with Gasteiger partial charge in [-0.05, 0) is 37.1 Å². The lowest BCUT2D eigenvalue weighted by Gasteiger charge is -2.12. The summed E-state index contributed by atoms with van der Waals surface area (Å²) in [6, 6.07) is 6.65. The standard InChI is InChI=1S/C21H24N2O6/c1-4-6-11-29-19-10-8-15(12-20(19)28-5-2)7-9-18-17(21(24)27-3)13-16(14-22-18)23(25)26/h7-10,12-14H,4-6,11H2,1-3H3/b9-7+. The molecule has 154 valence electrons. The monoisotopic (exact) mass is 400 g/mol. The molecule has 0 radical (unpaired) electrons. The van der Waals surface area contributed by atoms with Gasteiger partial charge in [-0.1, -0.05) is 25.5 Å². The smallest absolute Gasteiger partial charge is 0.340 e. The number of benzene rings is 1. The summed E-state index contributed by atoms with van der Waals surface area (Å²) in [5.74, 6) is 0.590. The van der Waals surface area contributed by atoms with Gasteiger partial charge in [0.2, 0.25) is 0 Å². The topological polar surface area (TPSA) is 101 Å². The van der Waals surface area contributed by atoms with Crippen molar-refractivity contribution < 1.29 is 23.9 Å². The number of esters is 1. The summed E-state index contributed by atoms with van der Waals surface area (Å²) < 4.78 is 16.1. The Balaban J connectivity index is 2.31. The number of methoxy groups -OCH3 is 1. The minimum atomic E-state index is -0.699. The van der Waals surface area contributed by atoms with Gasteiger partial charge in [0, 0.05) is 6.07 Å². The second kappa shape index (κ2) is 10.8. The van der Waals surface area contributed by atoms with Crippen molar-refractivity contribution in [1.29, 1.82) is 0 Å². The van der Waals surface area contributed by atoms with Crippen molar-refractivity contribution in [3.63, 3.8) is 0 Å². The van der Waals surface area contributed by atoms with Gasteiger partial charge < -0.3 is 14.2 Å². The van der Waals surface area contributed by atoms with Crippen LogP contribution in [0.5, 0.6) is 11.5 Å². The van der Waals surface area contributed by atoms with Crippen LogP contribution in [0.2, 0.25) is 0 Å². The maximum Gasteiger partial charge on any atom is 0.340 e. The summed E-state index contributed by atoms with van der Waals surface area (Å²) in [6.07, 6.45) is 6.42. The molecule has 1 aromatic heterocycles. The Morgan fingerprint density at radius 3 is 2.62 bits per heavy atom. The van der Waals surface area contributed by atoms with Crippen molar-refractivity contribution in [3.8, 4) is 11.5 Å². The van der Waals surface area contributed by atoms with Gasteiger partial charge in [0.15, 0.2) is 11.5 Å². The number of ether oxygens (including phenoxy) is 3. The molecular weight excluding hydrogens is 376 g/mol. The molecule has 0 amide bonds. The van der Waals surface area contributed by atoms with Gasteiger partial charge in [0.1, 0.15) is 6.20 Å². The fourth-order valence-electron chi connectivity index (χ4n) is 2.49. The van der Waals surface area contributed by atoms with E-state index in [9.17, 15) is 14.9 Å². The van der Waals surface area contributed by atoms with Crippen molar-refractivity contribution in [2.45, 2.75) is 26.7 Å². The lowest BCUT2D eigenvalue weighted by atomic mass is 10.1. The molecule has 0 aliphatic heterocycles. The molecule has 0 atom stereocenters. The van der Waals surface area contributed by atoms with Crippen molar-refractivity contribution in [3.05, 3.63) is 57.4 Å². The van der Waals surface area contributed by atoms with E-state index in [2.05, 4.69) is 11.9 Å². The molecule has 0 N–H and O–H groups in total. The normalized spacial score (nSPS) is 10.7. The predicted molar refractivity (Wildman–Crippen MR) is 109 cm³/mol. The average molecular weight is 400 g/mol. The van der Waals surface area contributed by atoms with Crippen molar-refractivity contribution in [2.75, 3.05) is 20.3 Å². The van der Waals surface area contributed by atoms with Gasteiger partial charge in [0.25, 0.3) is 5.69 Å². The van der Waals surface area contributed by atoms with Crippen LogP contribution in [-0.4, -0.2) is 36.2 Å². The van der Waals surface area contributed by atoms with Crippen molar-refractivity contribution in [2.24, 2.45) is 0 Å². The summed E-state index contributed by atoms with van der Waals surface area (Å²) in [5.41, 5.74) is 0.799. The first-order valence-electron chi connectivity index (χ1n) is 9.30. The second-order valence-corrected chi connectivity index (χ2v) is 6.05. The maximum absolute atomic E-state index is 12.0. The number of pyridine rings is 1. The highest BCUT2D eigenvalue weighted by molar-refractivity contribution is 5.94. The Morgan fingerprint density at radius 1 is 1.17 bits per heavy atom. The molecule has 8 nitrogen and oxygen atoms in total. The summed E-state index contributed by atoms with van der Waals surface area (Å²) in [7, 11) is 1.21. The van der Waals surface area contributed by atoms with E-state index >= 15 is 0 Å². The first kappa shape index (κ1) is 21.9. The van der Waals surface area contributed by atoms with E-state index in [0.29, 0.717) is 24.7 Å². The van der Waals surface area contributed by atoms with Crippen LogP contribution in [0.3, 0.4) is 0 Å². The molecule has 0 fully saturated rings. The van der Waals surface area contributed by atoms with Gasteiger partial charge in [-0.15, -0.1) is 0 Å². The summed E-state index contributed by atoms with van der Waals surface area (Å²) >= 11 is 0. The molecule has 29 heavy (non-hydrogen) atoms. The molecule has 2 aromatic rings. The third-order valence-corrected chi connectivity index (χ3v) is 3.98. The Hall–Kier alpha value is -3.42. The fraction of sp³-hybridized carbons (Fsp3) is 0.333. The minimum Gasteiger partial charge on any atom is -0.490 e. The van der Waals surface area contributed by atoms with Crippen LogP contribution in [0.1, 0.15) is 48.3 Å². The SMILES string of the molecule is CCCCOc1ccc(/C=C/c2ncc([N+](=O)[O-])cc2C(=O)OC)cc1OCC. The summed E-state index contributed by atoms with van der Waals surface area (Å²) in [4.78, 5) is 26.3. The molecule has 0 aliphatic rings. The first-order chi connectivity index (χ1) is 14.0. The second-order valence-electron chi connectivity index (χ2n) is 6.05. The summed E-state index contributed by atoms with van der Waals surface area (Å²) in [5, 5.41) is 10.9. The Kier molecular flexibility index (Phi) is 8.14. The highest BCUT2D eigenvalue weighted by Gasteiger charge is 2.17. The minimum absolute atomic E-state index is 0.0162. The Labute approximate surface area is 169 Å². The third-order valence-electron chi connectivity index (χ3n) is 3.98. The molecule has 0 saturated carbocycles. The molecule has 1 aromatic carbocycles. The lowest BCUT2D eigenvalue weighted by molar-refractivity contribution is -0.385. The number of hydrogen-bond acceptors (Lipinski definition) is 7. The van der Waals surface area contributed by atoms with Gasteiger partial charge in [-0.2, -0.15) is 0 Å². The van der Waals surface area contributed by atoms with Crippen LogP contribution < -0.4 is 9.47 Å². The molecule has 0 aliphatic carbocycles. The van der Waals surface area contributed by atoms with Crippen molar-refractivity contribution in [1.82, 2.24) is 4.98 Å². The lowest BCUT2D eigenvalue weighted by Crippen LogP contribution is -2.06. The van der Waals surface area contributed by atoms with E-state index in [-0.39, 0.29) is 16.9 Å². The fourth-order valence-corrected chi connectivity index (χ4v) is 2.49. The largest absolute Gasteiger partial charge is 0.490 e. The predicted octanol–water partition coefficient (Wildman–Crippen LogP) is 4.52. The molecule has 2 rings (SSSR count). The number of nitrogens with zero attached hydrogens (tertiary/aromatic N) is 2. The van der Waals surface area contributed by atoms with E-state index in [0.717, 1.165) is 30.7 Å². The number of carbonyl (C=O) groups is 1. The quantitative estimate of drug-likeness (QED) is 0.250. The molecular formula is C21H24N2O6. The van der Waals surface area contributed by atoms with Gasteiger partial charge in [-0.3, -0.25) is 10.1 Å². The van der Waals surface area contributed by atoms with Crippen molar-refractivity contribution >= 4 is 23.8 Å². The Bertz CT molecular complexity index is 895. The third kappa shape index (κ3) is 6.03. The summed E-state index contributed by atoms with van der Waals surface area (Å²) in [6.45, 7) is 5.09. The number of hydrogen-bond donors (Lipinski definition) is 0. The van der Waals surface area contributed by atoms with Crippen LogP contribution in [0.25, 0.3) is 12.2 Å². The highest BCUT2D eigenvalue weighted by atomic mass is 16.6. The molecule has 0 unspecified atom stereocenters. The number of unbranched alkanes of at least 4 members (excludes halogenated alkanes) is 1. The number of rotatable bonds is 10. The van der Waals surface area contributed by atoms with Crippen LogP contribution in [0.4, 0.5) is 5.69 Å². The van der Waals surface area contributed by atoms with Crippen LogP contribution >= 0.6 is 0 Å². The van der Waals surface area contributed by atoms with Gasteiger partial charge in [-0.25, -0.2) is 9.78 Å². The first-order valence-corrected chi connectivity index (χ1v) is 9.30. The van der Waals surface area contributed by atoms with Crippen LogP contribution in [0.15, 0.2) is 30.5 Å². The van der Waals surface area contributed by atoms with E-state index < -0.39 is 10.9 Å². The highest BCUT2D eigenvalue weighted by Crippen LogP contribution is 2.29. The zero-order valence-corrected chi connectivity index (χ0v) is 16.7. The molecule has 0 saturated heterocycles. The molecule has 8 heteroatoms. The maximum atomic E-state index is 12.0. The van der Waals surface area contributed by atoms with E-state index in [1.165, 1.54) is 7.11 Å². The zero-order chi connectivity index (χ0) is 21.2. The Morgan fingerprint density at radius 2 is 1.97 bits per heavy atom. The molecule has 1 heterocycles. The zero-order valence-electron chi connectivity index (χ0n) is 16.7. The number of aromatic nitrogens is 1.